The van der Waals surface area contributed by atoms with Gasteiger partial charge in [0, 0.05) is 28.8 Å². The molecule has 1 N–H and O–H groups in total. The van der Waals surface area contributed by atoms with Gasteiger partial charge in [0.15, 0.2) is 23.1 Å². The predicted molar refractivity (Wildman–Crippen MR) is 113 cm³/mol. The number of halogens is 1. The molecule has 0 radical (unpaired) electrons. The monoisotopic (exact) mass is 420 g/mol. The molecule has 0 amide bonds. The molecule has 2 aliphatic rings. The van der Waals surface area contributed by atoms with Crippen molar-refractivity contribution in [3.8, 4) is 22.9 Å². The number of hydrogen-bond acceptors (Lipinski definition) is 6. The quantitative estimate of drug-likeness (QED) is 0.684. The van der Waals surface area contributed by atoms with Gasteiger partial charge in [-0.15, -0.1) is 5.10 Å². The molecule has 0 saturated heterocycles. The van der Waals surface area contributed by atoms with Crippen molar-refractivity contribution >= 4 is 11.7 Å². The molecule has 0 saturated carbocycles. The summed E-state index contributed by atoms with van der Waals surface area (Å²) in [6.07, 6.45) is 1.91. The summed E-state index contributed by atoms with van der Waals surface area (Å²) >= 11 is 0. The Bertz CT molecular complexity index is 1220. The van der Waals surface area contributed by atoms with E-state index in [2.05, 4.69) is 15.4 Å². The molecule has 3 aromatic rings. The first kappa shape index (κ1) is 19.3. The highest BCUT2D eigenvalue weighted by molar-refractivity contribution is 5.99. The maximum absolute atomic E-state index is 14.8. The Balaban J connectivity index is 1.66. The summed E-state index contributed by atoms with van der Waals surface area (Å²) in [4.78, 5) is 17.5. The lowest BCUT2D eigenvalue weighted by Gasteiger charge is -2.32. The van der Waals surface area contributed by atoms with Crippen molar-refractivity contribution in [2.45, 2.75) is 25.3 Å². The lowest BCUT2D eigenvalue weighted by atomic mass is 9.85. The minimum Gasteiger partial charge on any atom is -0.493 e. The molecule has 1 aromatic heterocycles. The molecule has 1 atom stereocenters. The van der Waals surface area contributed by atoms with E-state index in [1.807, 2.05) is 6.07 Å². The summed E-state index contributed by atoms with van der Waals surface area (Å²) in [5.41, 5.74) is 2.48. The maximum Gasteiger partial charge on any atom is 0.226 e. The predicted octanol–water partition coefficient (Wildman–Crippen LogP) is 4.12. The van der Waals surface area contributed by atoms with E-state index in [9.17, 15) is 9.18 Å². The van der Waals surface area contributed by atoms with Crippen molar-refractivity contribution in [1.82, 2.24) is 14.8 Å². The third-order valence-corrected chi connectivity index (χ3v) is 5.71. The Morgan fingerprint density at radius 2 is 1.90 bits per heavy atom. The molecule has 0 fully saturated rings. The molecule has 0 spiro atoms. The zero-order valence-electron chi connectivity index (χ0n) is 17.2. The van der Waals surface area contributed by atoms with E-state index in [0.29, 0.717) is 47.2 Å². The van der Waals surface area contributed by atoms with Crippen LogP contribution in [0, 0.1) is 5.82 Å². The SMILES string of the molecule is COc1ccc(-c2nc3n(n2)C(c2ccccc2F)C2=C(CCCC2=O)N3)cc1OC. The third-order valence-electron chi connectivity index (χ3n) is 5.71. The Kier molecular flexibility index (Phi) is 4.69. The van der Waals surface area contributed by atoms with Crippen molar-refractivity contribution in [3.63, 3.8) is 0 Å². The number of carbonyl (C=O) groups is 1. The number of ketones is 1. The first-order valence-electron chi connectivity index (χ1n) is 10.1. The Labute approximate surface area is 178 Å². The average Bonchev–Trinajstić information content (AvgIpc) is 3.21. The number of methoxy groups -OCH3 is 2. The third kappa shape index (κ3) is 3.15. The smallest absolute Gasteiger partial charge is 0.226 e. The fraction of sp³-hybridized carbons (Fsp3) is 0.261. The molecular formula is C23H21FN4O3. The number of allylic oxidation sites excluding steroid dienone is 2. The van der Waals surface area contributed by atoms with Gasteiger partial charge in [-0.1, -0.05) is 18.2 Å². The number of rotatable bonds is 4. The largest absolute Gasteiger partial charge is 0.493 e. The number of hydrogen-bond donors (Lipinski definition) is 1. The van der Waals surface area contributed by atoms with Gasteiger partial charge in [0.1, 0.15) is 11.9 Å². The summed E-state index contributed by atoms with van der Waals surface area (Å²) in [7, 11) is 3.13. The van der Waals surface area contributed by atoms with Crippen LogP contribution in [0.5, 0.6) is 11.5 Å². The van der Waals surface area contributed by atoms with Gasteiger partial charge in [-0.05, 0) is 37.1 Å². The van der Waals surface area contributed by atoms with Crippen LogP contribution < -0.4 is 14.8 Å². The summed E-state index contributed by atoms with van der Waals surface area (Å²) in [5, 5.41) is 7.93. The summed E-state index contributed by atoms with van der Waals surface area (Å²) in [5.74, 6) is 1.70. The van der Waals surface area contributed by atoms with Crippen LogP contribution in [0.15, 0.2) is 53.7 Å². The van der Waals surface area contributed by atoms with Crippen LogP contribution in [0.4, 0.5) is 10.3 Å². The van der Waals surface area contributed by atoms with E-state index < -0.39 is 6.04 Å². The molecule has 2 heterocycles. The maximum atomic E-state index is 14.8. The summed E-state index contributed by atoms with van der Waals surface area (Å²) < 4.78 is 27.1. The summed E-state index contributed by atoms with van der Waals surface area (Å²) in [6.45, 7) is 0. The first-order chi connectivity index (χ1) is 15.1. The van der Waals surface area contributed by atoms with Gasteiger partial charge in [0.2, 0.25) is 5.95 Å². The van der Waals surface area contributed by atoms with Crippen LogP contribution in [0.2, 0.25) is 0 Å². The van der Waals surface area contributed by atoms with Crippen LogP contribution in [0.25, 0.3) is 11.4 Å². The van der Waals surface area contributed by atoms with Gasteiger partial charge >= 0.3 is 0 Å². The van der Waals surface area contributed by atoms with Crippen molar-refractivity contribution in [1.29, 1.82) is 0 Å². The number of ether oxygens (including phenoxy) is 2. The van der Waals surface area contributed by atoms with Crippen LogP contribution in [0.1, 0.15) is 30.9 Å². The van der Waals surface area contributed by atoms with Gasteiger partial charge in [-0.2, -0.15) is 4.98 Å². The van der Waals surface area contributed by atoms with Gasteiger partial charge in [0.05, 0.1) is 14.2 Å². The number of carbonyl (C=O) groups excluding carboxylic acids is 1. The molecule has 1 unspecified atom stereocenters. The second-order valence-corrected chi connectivity index (χ2v) is 7.49. The van der Waals surface area contributed by atoms with Gasteiger partial charge in [-0.25, -0.2) is 9.07 Å². The number of nitrogens with zero attached hydrogens (tertiary/aromatic N) is 3. The van der Waals surface area contributed by atoms with Crippen LogP contribution in [-0.2, 0) is 4.79 Å². The van der Waals surface area contributed by atoms with E-state index in [0.717, 1.165) is 17.7 Å². The molecule has 0 bridgehead atoms. The number of anilines is 1. The highest BCUT2D eigenvalue weighted by Gasteiger charge is 2.38. The minimum absolute atomic E-state index is 0.0100. The second kappa shape index (κ2) is 7.54. The fourth-order valence-corrected chi connectivity index (χ4v) is 4.24. The zero-order chi connectivity index (χ0) is 21.5. The van der Waals surface area contributed by atoms with E-state index in [-0.39, 0.29) is 11.6 Å². The molecule has 158 valence electrons. The highest BCUT2D eigenvalue weighted by Crippen LogP contribution is 2.41. The highest BCUT2D eigenvalue weighted by atomic mass is 19.1. The number of nitrogens with one attached hydrogen (secondary N) is 1. The molecule has 8 heteroatoms. The lowest BCUT2D eigenvalue weighted by molar-refractivity contribution is -0.116. The van der Waals surface area contributed by atoms with Crippen LogP contribution in [-0.4, -0.2) is 34.8 Å². The Morgan fingerprint density at radius 3 is 2.68 bits per heavy atom. The minimum atomic E-state index is -0.665. The number of Topliss-reactive ketones (excluding diaryl/α,β-unsaturated/α-hetero) is 1. The Hall–Kier alpha value is -3.68. The lowest BCUT2D eigenvalue weighted by Crippen LogP contribution is -2.32. The first-order valence-corrected chi connectivity index (χ1v) is 10.1. The second-order valence-electron chi connectivity index (χ2n) is 7.49. The number of fused-ring (bicyclic) bond motifs is 1. The van der Waals surface area contributed by atoms with Crippen molar-refractivity contribution in [2.24, 2.45) is 0 Å². The van der Waals surface area contributed by atoms with E-state index in [1.165, 1.54) is 6.07 Å². The zero-order valence-corrected chi connectivity index (χ0v) is 17.2. The molecular weight excluding hydrogens is 399 g/mol. The van der Waals surface area contributed by atoms with Crippen LogP contribution in [0.3, 0.4) is 0 Å². The molecule has 7 nitrogen and oxygen atoms in total. The molecule has 1 aliphatic carbocycles. The molecule has 5 rings (SSSR count). The van der Waals surface area contributed by atoms with E-state index in [1.54, 1.807) is 49.2 Å². The topological polar surface area (TPSA) is 78.3 Å². The van der Waals surface area contributed by atoms with E-state index >= 15 is 0 Å². The fourth-order valence-electron chi connectivity index (χ4n) is 4.24. The van der Waals surface area contributed by atoms with Crippen molar-refractivity contribution in [3.05, 3.63) is 65.1 Å². The standard InChI is InChI=1S/C23H21FN4O3/c1-30-18-11-10-13(12-19(18)31-2)22-26-23-25-16-8-5-9-17(29)20(16)21(28(23)27-22)14-6-3-4-7-15(14)24/h3-4,6-7,10-12,21H,5,8-9H2,1-2H3,(H,25,26,27). The molecule has 1 aliphatic heterocycles. The molecule has 31 heavy (non-hydrogen) atoms. The van der Waals surface area contributed by atoms with Crippen LogP contribution >= 0.6 is 0 Å². The molecule has 2 aromatic carbocycles. The van der Waals surface area contributed by atoms with Gasteiger partial charge < -0.3 is 14.8 Å². The number of aromatic nitrogens is 3. The average molecular weight is 420 g/mol. The Morgan fingerprint density at radius 1 is 1.10 bits per heavy atom. The number of benzene rings is 2. The normalized spacial score (nSPS) is 17.6. The van der Waals surface area contributed by atoms with Crippen molar-refractivity contribution < 1.29 is 18.7 Å². The van der Waals surface area contributed by atoms with Gasteiger partial charge in [0.25, 0.3) is 0 Å². The summed E-state index contributed by atoms with van der Waals surface area (Å²) in [6, 6.07) is 11.2. The van der Waals surface area contributed by atoms with Gasteiger partial charge in [-0.3, -0.25) is 4.79 Å². The van der Waals surface area contributed by atoms with Crippen molar-refractivity contribution in [2.75, 3.05) is 19.5 Å². The van der Waals surface area contributed by atoms with E-state index in [4.69, 9.17) is 9.47 Å².